The zero-order valence-electron chi connectivity index (χ0n) is 15.0. The number of imidazole rings is 1. The van der Waals surface area contributed by atoms with Crippen LogP contribution in [0.1, 0.15) is 17.4 Å². The van der Waals surface area contributed by atoms with Crippen molar-refractivity contribution in [3.05, 3.63) is 78.4 Å². The molecule has 3 rings (SSSR count). The molecular weight excluding hydrogens is 360 g/mol. The van der Waals surface area contributed by atoms with Gasteiger partial charge in [-0.3, -0.25) is 9.59 Å². The van der Waals surface area contributed by atoms with Crippen molar-refractivity contribution >= 4 is 29.3 Å². The highest BCUT2D eigenvalue weighted by Crippen LogP contribution is 2.21. The summed E-state index contributed by atoms with van der Waals surface area (Å²) in [5.74, 6) is -0.795. The van der Waals surface area contributed by atoms with Crippen LogP contribution in [0.2, 0.25) is 0 Å². The molecule has 27 heavy (non-hydrogen) atoms. The van der Waals surface area contributed by atoms with E-state index in [1.165, 1.54) is 0 Å². The van der Waals surface area contributed by atoms with E-state index in [2.05, 4.69) is 15.6 Å². The molecule has 0 aliphatic carbocycles. The fourth-order valence-corrected chi connectivity index (χ4v) is 3.14. The summed E-state index contributed by atoms with van der Waals surface area (Å²) in [6.45, 7) is 0. The molecule has 0 aliphatic rings. The number of benzene rings is 2. The number of nitrogens with one attached hydrogen (secondary N) is 2. The van der Waals surface area contributed by atoms with Gasteiger partial charge in [-0.05, 0) is 30.0 Å². The number of aryl methyl sites for hydroxylation is 1. The van der Waals surface area contributed by atoms with Gasteiger partial charge in [-0.2, -0.15) is 0 Å². The van der Waals surface area contributed by atoms with Gasteiger partial charge in [-0.1, -0.05) is 36.4 Å². The van der Waals surface area contributed by atoms with Gasteiger partial charge in [0.2, 0.25) is 0 Å². The highest BCUT2D eigenvalue weighted by Gasteiger charge is 2.24. The first-order valence-corrected chi connectivity index (χ1v) is 9.59. The second kappa shape index (κ2) is 8.55. The Labute approximate surface area is 162 Å². The van der Waals surface area contributed by atoms with Gasteiger partial charge in [-0.15, -0.1) is 11.8 Å². The molecule has 138 valence electrons. The van der Waals surface area contributed by atoms with Crippen LogP contribution in [0.4, 0.5) is 5.69 Å². The van der Waals surface area contributed by atoms with Crippen LogP contribution in [0.15, 0.2) is 71.9 Å². The molecule has 1 atom stereocenters. The van der Waals surface area contributed by atoms with Crippen LogP contribution in [0.5, 0.6) is 0 Å². The third-order valence-electron chi connectivity index (χ3n) is 4.06. The summed E-state index contributed by atoms with van der Waals surface area (Å²) >= 11 is 1.56. The molecular formula is C20H20N4O2S. The Morgan fingerprint density at radius 3 is 2.52 bits per heavy atom. The van der Waals surface area contributed by atoms with Crippen LogP contribution < -0.4 is 10.6 Å². The van der Waals surface area contributed by atoms with Crippen molar-refractivity contribution in [2.24, 2.45) is 7.05 Å². The molecule has 0 fully saturated rings. The lowest BCUT2D eigenvalue weighted by molar-refractivity contribution is -0.136. The Morgan fingerprint density at radius 2 is 1.85 bits per heavy atom. The molecule has 1 unspecified atom stereocenters. The number of aromatic nitrogens is 2. The fourth-order valence-electron chi connectivity index (χ4n) is 2.68. The highest BCUT2D eigenvalue weighted by molar-refractivity contribution is 7.98. The largest absolute Gasteiger partial charge is 0.336 e. The molecule has 7 heteroatoms. The molecule has 1 aromatic heterocycles. The van der Waals surface area contributed by atoms with Crippen molar-refractivity contribution < 1.29 is 9.59 Å². The standard InChI is InChI=1S/C20H20N4O2S/c1-24-12-11-21-18(24)17(14-7-4-3-5-8-14)23-20(26)19(25)22-15-9-6-10-16(13-15)27-2/h3-13,17H,1-2H3,(H,22,25)(H,23,26). The second-order valence-corrected chi connectivity index (χ2v) is 6.78. The summed E-state index contributed by atoms with van der Waals surface area (Å²) in [4.78, 5) is 30.2. The molecule has 6 nitrogen and oxygen atoms in total. The van der Waals surface area contributed by atoms with Crippen LogP contribution in [-0.2, 0) is 16.6 Å². The van der Waals surface area contributed by atoms with Crippen LogP contribution in [0.3, 0.4) is 0 Å². The van der Waals surface area contributed by atoms with E-state index < -0.39 is 17.9 Å². The minimum atomic E-state index is -0.721. The third kappa shape index (κ3) is 4.57. The fraction of sp³-hybridized carbons (Fsp3) is 0.150. The van der Waals surface area contributed by atoms with Crippen LogP contribution in [-0.4, -0.2) is 27.6 Å². The molecule has 0 bridgehead atoms. The van der Waals surface area contributed by atoms with Crippen molar-refractivity contribution in [3.8, 4) is 0 Å². The predicted octanol–water partition coefficient (Wildman–Crippen LogP) is 2.99. The molecule has 0 radical (unpaired) electrons. The molecule has 2 amide bonds. The average Bonchev–Trinajstić information content (AvgIpc) is 3.12. The van der Waals surface area contributed by atoms with E-state index in [0.29, 0.717) is 11.5 Å². The van der Waals surface area contributed by atoms with Crippen molar-refractivity contribution in [1.29, 1.82) is 0 Å². The topological polar surface area (TPSA) is 76.0 Å². The van der Waals surface area contributed by atoms with E-state index >= 15 is 0 Å². The van der Waals surface area contributed by atoms with Crippen molar-refractivity contribution in [2.45, 2.75) is 10.9 Å². The van der Waals surface area contributed by atoms with E-state index in [0.717, 1.165) is 10.5 Å². The monoisotopic (exact) mass is 380 g/mol. The van der Waals surface area contributed by atoms with Gasteiger partial charge in [0.05, 0.1) is 0 Å². The maximum atomic E-state index is 12.5. The Bertz CT molecular complexity index is 940. The zero-order valence-corrected chi connectivity index (χ0v) is 15.9. The molecule has 1 heterocycles. The third-order valence-corrected chi connectivity index (χ3v) is 4.78. The average molecular weight is 380 g/mol. The minimum absolute atomic E-state index is 0.526. The number of rotatable bonds is 5. The van der Waals surface area contributed by atoms with E-state index in [-0.39, 0.29) is 0 Å². The van der Waals surface area contributed by atoms with Crippen molar-refractivity contribution in [1.82, 2.24) is 14.9 Å². The number of hydrogen-bond acceptors (Lipinski definition) is 4. The van der Waals surface area contributed by atoms with E-state index in [1.807, 2.05) is 66.4 Å². The second-order valence-electron chi connectivity index (χ2n) is 5.90. The van der Waals surface area contributed by atoms with Crippen LogP contribution >= 0.6 is 11.8 Å². The van der Waals surface area contributed by atoms with Crippen LogP contribution in [0, 0.1) is 0 Å². The number of amides is 2. The number of carbonyl (C=O) groups excluding carboxylic acids is 2. The molecule has 0 spiro atoms. The van der Waals surface area contributed by atoms with Gasteiger partial charge < -0.3 is 15.2 Å². The van der Waals surface area contributed by atoms with E-state index in [9.17, 15) is 9.59 Å². The predicted molar refractivity (Wildman–Crippen MR) is 106 cm³/mol. The normalized spacial score (nSPS) is 11.6. The lowest BCUT2D eigenvalue weighted by Gasteiger charge is -2.19. The summed E-state index contributed by atoms with van der Waals surface area (Å²) in [5, 5.41) is 5.43. The van der Waals surface area contributed by atoms with Crippen molar-refractivity contribution in [3.63, 3.8) is 0 Å². The first-order chi connectivity index (χ1) is 13.1. The van der Waals surface area contributed by atoms with Gasteiger partial charge in [0.15, 0.2) is 0 Å². The number of thioether (sulfide) groups is 1. The number of anilines is 1. The molecule has 0 aliphatic heterocycles. The maximum Gasteiger partial charge on any atom is 0.313 e. The smallest absolute Gasteiger partial charge is 0.313 e. The Morgan fingerprint density at radius 1 is 1.07 bits per heavy atom. The van der Waals surface area contributed by atoms with Gasteiger partial charge in [-0.25, -0.2) is 4.98 Å². The lowest BCUT2D eigenvalue weighted by Crippen LogP contribution is -2.39. The lowest BCUT2D eigenvalue weighted by atomic mass is 10.1. The molecule has 3 aromatic rings. The summed E-state index contributed by atoms with van der Waals surface area (Å²) in [7, 11) is 1.85. The zero-order chi connectivity index (χ0) is 19.2. The summed E-state index contributed by atoms with van der Waals surface area (Å²) < 4.78 is 1.82. The van der Waals surface area contributed by atoms with Gasteiger partial charge in [0.25, 0.3) is 0 Å². The number of hydrogen-bond donors (Lipinski definition) is 2. The quantitative estimate of drug-likeness (QED) is 0.527. The number of carbonyl (C=O) groups is 2. The van der Waals surface area contributed by atoms with Crippen molar-refractivity contribution in [2.75, 3.05) is 11.6 Å². The molecule has 2 N–H and O–H groups in total. The summed E-state index contributed by atoms with van der Waals surface area (Å²) in [6, 6.07) is 16.2. The molecule has 0 saturated carbocycles. The Balaban J connectivity index is 1.78. The Hall–Kier alpha value is -3.06. The molecule has 2 aromatic carbocycles. The van der Waals surface area contributed by atoms with Gasteiger partial charge in [0, 0.05) is 30.0 Å². The Kier molecular flexibility index (Phi) is 5.93. The highest BCUT2D eigenvalue weighted by atomic mass is 32.2. The number of nitrogens with zero attached hydrogens (tertiary/aromatic N) is 2. The summed E-state index contributed by atoms with van der Waals surface area (Å²) in [6.07, 6.45) is 5.40. The van der Waals surface area contributed by atoms with E-state index in [1.54, 1.807) is 30.2 Å². The minimum Gasteiger partial charge on any atom is -0.336 e. The van der Waals surface area contributed by atoms with Gasteiger partial charge in [0.1, 0.15) is 11.9 Å². The SMILES string of the molecule is CSc1cccc(NC(=O)C(=O)NC(c2ccccc2)c2nccn2C)c1. The van der Waals surface area contributed by atoms with E-state index in [4.69, 9.17) is 0 Å². The first-order valence-electron chi connectivity index (χ1n) is 8.36. The summed E-state index contributed by atoms with van der Waals surface area (Å²) in [5.41, 5.74) is 1.42. The molecule has 0 saturated heterocycles. The van der Waals surface area contributed by atoms with Crippen LogP contribution in [0.25, 0.3) is 0 Å². The first kappa shape index (κ1) is 18.7. The van der Waals surface area contributed by atoms with Gasteiger partial charge >= 0.3 is 11.8 Å². The maximum absolute atomic E-state index is 12.5.